The fourth-order valence-electron chi connectivity index (χ4n) is 2.54. The number of anilines is 1. The Morgan fingerprint density at radius 1 is 1.25 bits per heavy atom. The SMILES string of the molecule is O=C(CC1C=CCC1)Nc1ccccc1-c1cccs1. The highest BCUT2D eigenvalue weighted by molar-refractivity contribution is 7.13. The van der Waals surface area contributed by atoms with E-state index in [9.17, 15) is 4.79 Å². The molecule has 1 aromatic heterocycles. The lowest BCUT2D eigenvalue weighted by molar-refractivity contribution is -0.116. The summed E-state index contributed by atoms with van der Waals surface area (Å²) in [6.07, 6.45) is 7.10. The molecule has 0 fully saturated rings. The third-order valence-corrected chi connectivity index (χ3v) is 4.45. The van der Waals surface area contributed by atoms with Crippen LogP contribution in [0.5, 0.6) is 0 Å². The van der Waals surface area contributed by atoms with Crippen LogP contribution in [0, 0.1) is 5.92 Å². The summed E-state index contributed by atoms with van der Waals surface area (Å²) in [6, 6.07) is 12.1. The Morgan fingerprint density at radius 3 is 2.90 bits per heavy atom. The van der Waals surface area contributed by atoms with Gasteiger partial charge in [-0.2, -0.15) is 0 Å². The first-order valence-corrected chi connectivity index (χ1v) is 7.80. The second-order valence-electron chi connectivity index (χ2n) is 5.04. The van der Waals surface area contributed by atoms with Crippen molar-refractivity contribution in [3.05, 3.63) is 53.9 Å². The number of benzene rings is 1. The molecule has 1 atom stereocenters. The molecular formula is C17H17NOS. The van der Waals surface area contributed by atoms with E-state index in [0.717, 1.165) is 24.1 Å². The zero-order chi connectivity index (χ0) is 13.8. The van der Waals surface area contributed by atoms with E-state index in [2.05, 4.69) is 35.0 Å². The number of carbonyl (C=O) groups excluding carboxylic acids is 1. The largest absolute Gasteiger partial charge is 0.325 e. The van der Waals surface area contributed by atoms with Crippen molar-refractivity contribution in [2.24, 2.45) is 5.92 Å². The third kappa shape index (κ3) is 2.99. The Hall–Kier alpha value is -1.87. The van der Waals surface area contributed by atoms with Crippen LogP contribution in [0.2, 0.25) is 0 Å². The fourth-order valence-corrected chi connectivity index (χ4v) is 3.31. The van der Waals surface area contributed by atoms with Gasteiger partial charge >= 0.3 is 0 Å². The molecule has 2 aromatic rings. The zero-order valence-electron chi connectivity index (χ0n) is 11.2. The van der Waals surface area contributed by atoms with Crippen molar-refractivity contribution in [2.45, 2.75) is 19.3 Å². The van der Waals surface area contributed by atoms with Gasteiger partial charge in [-0.15, -0.1) is 11.3 Å². The summed E-state index contributed by atoms with van der Waals surface area (Å²) >= 11 is 1.69. The van der Waals surface area contributed by atoms with Gasteiger partial charge in [-0.1, -0.05) is 36.4 Å². The van der Waals surface area contributed by atoms with Crippen molar-refractivity contribution < 1.29 is 4.79 Å². The van der Waals surface area contributed by atoms with Gasteiger partial charge in [0.25, 0.3) is 0 Å². The summed E-state index contributed by atoms with van der Waals surface area (Å²) in [5.41, 5.74) is 2.00. The number of rotatable bonds is 4. The van der Waals surface area contributed by atoms with E-state index in [0.29, 0.717) is 12.3 Å². The minimum atomic E-state index is 0.102. The molecule has 0 saturated heterocycles. The number of hydrogen-bond donors (Lipinski definition) is 1. The second kappa shape index (κ2) is 6.06. The quantitative estimate of drug-likeness (QED) is 0.809. The fraction of sp³-hybridized carbons (Fsp3) is 0.235. The van der Waals surface area contributed by atoms with Gasteiger partial charge < -0.3 is 5.32 Å². The molecule has 1 unspecified atom stereocenters. The van der Waals surface area contributed by atoms with Crippen LogP contribution in [-0.4, -0.2) is 5.91 Å². The maximum Gasteiger partial charge on any atom is 0.224 e. The highest BCUT2D eigenvalue weighted by Crippen LogP contribution is 2.31. The molecule has 0 spiro atoms. The van der Waals surface area contributed by atoms with Crippen LogP contribution < -0.4 is 5.32 Å². The standard InChI is InChI=1S/C17H17NOS/c19-17(12-13-6-1-2-7-13)18-15-9-4-3-8-14(15)16-10-5-11-20-16/h1,3-6,8-11,13H,2,7,12H2,(H,18,19). The highest BCUT2D eigenvalue weighted by Gasteiger charge is 2.15. The monoisotopic (exact) mass is 283 g/mol. The summed E-state index contributed by atoms with van der Waals surface area (Å²) in [5.74, 6) is 0.509. The number of allylic oxidation sites excluding steroid dienone is 2. The lowest BCUT2D eigenvalue weighted by atomic mass is 10.0. The average molecular weight is 283 g/mol. The van der Waals surface area contributed by atoms with Crippen molar-refractivity contribution in [1.29, 1.82) is 0 Å². The minimum absolute atomic E-state index is 0.102. The number of nitrogens with one attached hydrogen (secondary N) is 1. The summed E-state index contributed by atoms with van der Waals surface area (Å²) in [6.45, 7) is 0. The summed E-state index contributed by atoms with van der Waals surface area (Å²) < 4.78 is 0. The smallest absolute Gasteiger partial charge is 0.224 e. The maximum absolute atomic E-state index is 12.1. The van der Waals surface area contributed by atoms with Crippen LogP contribution in [0.15, 0.2) is 53.9 Å². The van der Waals surface area contributed by atoms with Crippen molar-refractivity contribution in [1.82, 2.24) is 0 Å². The van der Waals surface area contributed by atoms with Crippen LogP contribution in [0.25, 0.3) is 10.4 Å². The molecule has 1 aromatic carbocycles. The summed E-state index contributed by atoms with van der Waals surface area (Å²) in [4.78, 5) is 13.3. The van der Waals surface area contributed by atoms with E-state index in [-0.39, 0.29) is 5.91 Å². The Kier molecular flexibility index (Phi) is 3.97. The van der Waals surface area contributed by atoms with Crippen molar-refractivity contribution >= 4 is 22.9 Å². The van der Waals surface area contributed by atoms with Crippen LogP contribution in [0.1, 0.15) is 19.3 Å². The topological polar surface area (TPSA) is 29.1 Å². The van der Waals surface area contributed by atoms with Crippen LogP contribution in [-0.2, 0) is 4.79 Å². The molecule has 0 radical (unpaired) electrons. The number of thiophene rings is 1. The molecule has 20 heavy (non-hydrogen) atoms. The Balaban J connectivity index is 1.74. The van der Waals surface area contributed by atoms with Gasteiger partial charge in [0, 0.05) is 22.5 Å². The molecule has 0 aliphatic heterocycles. The molecule has 1 aliphatic carbocycles. The Morgan fingerprint density at radius 2 is 2.15 bits per heavy atom. The molecule has 1 heterocycles. The Bertz CT molecular complexity index is 616. The van der Waals surface area contributed by atoms with Gasteiger partial charge in [-0.25, -0.2) is 0 Å². The Labute approximate surface area is 123 Å². The van der Waals surface area contributed by atoms with Crippen molar-refractivity contribution in [3.8, 4) is 10.4 Å². The normalized spacial score (nSPS) is 17.3. The number of para-hydroxylation sites is 1. The zero-order valence-corrected chi connectivity index (χ0v) is 12.0. The van der Waals surface area contributed by atoms with Crippen LogP contribution >= 0.6 is 11.3 Å². The van der Waals surface area contributed by atoms with Gasteiger partial charge in [0.2, 0.25) is 5.91 Å². The van der Waals surface area contributed by atoms with Gasteiger partial charge in [0.15, 0.2) is 0 Å². The molecule has 102 valence electrons. The van der Waals surface area contributed by atoms with E-state index < -0.39 is 0 Å². The number of hydrogen-bond acceptors (Lipinski definition) is 2. The summed E-state index contributed by atoms with van der Waals surface area (Å²) in [5, 5.41) is 5.11. The van der Waals surface area contributed by atoms with E-state index in [1.807, 2.05) is 24.3 Å². The molecule has 3 rings (SSSR count). The lowest BCUT2D eigenvalue weighted by Gasteiger charge is -2.11. The van der Waals surface area contributed by atoms with Gasteiger partial charge in [-0.05, 0) is 36.3 Å². The van der Waals surface area contributed by atoms with E-state index >= 15 is 0 Å². The average Bonchev–Trinajstić information content (AvgIpc) is 3.11. The highest BCUT2D eigenvalue weighted by atomic mass is 32.1. The predicted molar refractivity (Wildman–Crippen MR) is 84.9 cm³/mol. The van der Waals surface area contributed by atoms with Crippen LogP contribution in [0.4, 0.5) is 5.69 Å². The second-order valence-corrected chi connectivity index (χ2v) is 5.99. The van der Waals surface area contributed by atoms with Gasteiger partial charge in [-0.3, -0.25) is 4.79 Å². The van der Waals surface area contributed by atoms with Crippen molar-refractivity contribution in [2.75, 3.05) is 5.32 Å². The molecule has 0 saturated carbocycles. The molecular weight excluding hydrogens is 266 g/mol. The van der Waals surface area contributed by atoms with E-state index in [1.165, 1.54) is 4.88 Å². The summed E-state index contributed by atoms with van der Waals surface area (Å²) in [7, 11) is 0. The molecule has 2 nitrogen and oxygen atoms in total. The maximum atomic E-state index is 12.1. The van der Waals surface area contributed by atoms with Gasteiger partial charge in [0.05, 0.1) is 0 Å². The first kappa shape index (κ1) is 13.1. The van der Waals surface area contributed by atoms with Crippen molar-refractivity contribution in [3.63, 3.8) is 0 Å². The molecule has 1 aliphatic rings. The van der Waals surface area contributed by atoms with E-state index in [1.54, 1.807) is 11.3 Å². The van der Waals surface area contributed by atoms with Crippen LogP contribution in [0.3, 0.4) is 0 Å². The van der Waals surface area contributed by atoms with Gasteiger partial charge in [0.1, 0.15) is 0 Å². The molecule has 1 N–H and O–H groups in total. The van der Waals surface area contributed by atoms with E-state index in [4.69, 9.17) is 0 Å². The first-order valence-electron chi connectivity index (χ1n) is 6.92. The lowest BCUT2D eigenvalue weighted by Crippen LogP contribution is -2.15. The third-order valence-electron chi connectivity index (χ3n) is 3.55. The first-order chi connectivity index (χ1) is 9.83. The number of carbonyl (C=O) groups is 1. The minimum Gasteiger partial charge on any atom is -0.325 e. The number of amides is 1. The predicted octanol–water partition coefficient (Wildman–Crippen LogP) is 4.71. The molecule has 0 bridgehead atoms. The molecule has 3 heteroatoms. The molecule has 1 amide bonds.